The van der Waals surface area contributed by atoms with Gasteiger partial charge < -0.3 is 0 Å². The Hall–Kier alpha value is -1.15. The largest absolute Gasteiger partial charge is 0.282 e. The van der Waals surface area contributed by atoms with Crippen molar-refractivity contribution >= 4 is 25.5 Å². The van der Waals surface area contributed by atoms with Gasteiger partial charge in [-0.15, -0.1) is 0 Å². The maximum absolute atomic E-state index is 11.2. The third-order valence-corrected chi connectivity index (χ3v) is 4.08. The van der Waals surface area contributed by atoms with E-state index in [1.54, 1.807) is 0 Å². The third kappa shape index (κ3) is 3.46. The van der Waals surface area contributed by atoms with E-state index >= 15 is 0 Å². The average Bonchev–Trinajstić information content (AvgIpc) is 2.16. The highest BCUT2D eigenvalue weighted by Crippen LogP contribution is 2.11. The molecular formula is C8H12N2O4S2. The van der Waals surface area contributed by atoms with E-state index < -0.39 is 19.9 Å². The molecule has 1 N–H and O–H groups in total. The molecule has 8 heteroatoms. The minimum absolute atomic E-state index is 0.0547. The highest BCUT2D eigenvalue weighted by Gasteiger charge is 2.10. The highest BCUT2D eigenvalue weighted by molar-refractivity contribution is 7.92. The van der Waals surface area contributed by atoms with Gasteiger partial charge in [0.25, 0.3) is 0 Å². The average molecular weight is 264 g/mol. The van der Waals surface area contributed by atoms with E-state index in [0.717, 1.165) is 6.26 Å². The molecular weight excluding hydrogens is 252 g/mol. The third-order valence-electron chi connectivity index (χ3n) is 1.77. The zero-order valence-corrected chi connectivity index (χ0v) is 10.5. The van der Waals surface area contributed by atoms with E-state index in [0.29, 0.717) is 0 Å². The second-order valence-corrected chi connectivity index (χ2v) is 7.14. The van der Waals surface area contributed by atoms with Crippen LogP contribution in [-0.4, -0.2) is 33.8 Å². The number of nitrogens with one attached hydrogen (secondary N) is 1. The van der Waals surface area contributed by atoms with E-state index in [4.69, 9.17) is 0 Å². The second kappa shape index (κ2) is 4.38. The van der Waals surface area contributed by atoms with Gasteiger partial charge in [0.1, 0.15) is 0 Å². The molecule has 0 radical (unpaired) electrons. The van der Waals surface area contributed by atoms with Gasteiger partial charge in [-0.2, -0.15) is 0 Å². The lowest BCUT2D eigenvalue weighted by molar-refractivity contribution is 0.598. The van der Waals surface area contributed by atoms with E-state index in [1.165, 1.54) is 25.3 Å². The van der Waals surface area contributed by atoms with Crippen molar-refractivity contribution in [2.75, 3.05) is 16.7 Å². The first-order valence-corrected chi connectivity index (χ1v) is 7.95. The molecule has 0 saturated heterocycles. The van der Waals surface area contributed by atoms with Crippen molar-refractivity contribution in [2.45, 2.75) is 11.9 Å². The lowest BCUT2D eigenvalue weighted by atomic mass is 10.4. The fraction of sp³-hybridized carbons (Fsp3) is 0.375. The Balaban J connectivity index is 2.97. The van der Waals surface area contributed by atoms with Crippen LogP contribution in [0.15, 0.2) is 23.4 Å². The Morgan fingerprint density at radius 3 is 2.25 bits per heavy atom. The zero-order chi connectivity index (χ0) is 12.4. The van der Waals surface area contributed by atoms with Crippen LogP contribution >= 0.6 is 0 Å². The smallest absolute Gasteiger partial charge is 0.232 e. The first-order valence-electron chi connectivity index (χ1n) is 4.41. The molecule has 1 aromatic rings. The van der Waals surface area contributed by atoms with Crippen LogP contribution in [0.4, 0.5) is 5.69 Å². The Kier molecular flexibility index (Phi) is 3.54. The van der Waals surface area contributed by atoms with Gasteiger partial charge in [-0.05, 0) is 19.1 Å². The maximum atomic E-state index is 11.2. The Bertz CT molecular complexity index is 561. The molecule has 0 aliphatic rings. The molecule has 0 aromatic carbocycles. The molecule has 90 valence electrons. The molecule has 0 saturated carbocycles. The van der Waals surface area contributed by atoms with Crippen LogP contribution in [0, 0.1) is 0 Å². The van der Waals surface area contributed by atoms with Gasteiger partial charge in [-0.1, -0.05) is 0 Å². The van der Waals surface area contributed by atoms with Gasteiger partial charge in [0, 0.05) is 6.26 Å². The Morgan fingerprint density at radius 1 is 1.25 bits per heavy atom. The Morgan fingerprint density at radius 2 is 1.88 bits per heavy atom. The number of sulfone groups is 1. The summed E-state index contributed by atoms with van der Waals surface area (Å²) in [4.78, 5) is 3.65. The number of hydrogen-bond donors (Lipinski definition) is 1. The predicted octanol–water partition coefficient (Wildman–Crippen LogP) is 0.247. The van der Waals surface area contributed by atoms with Crippen LogP contribution in [0.1, 0.15) is 6.92 Å². The first-order chi connectivity index (χ1) is 7.24. The maximum Gasteiger partial charge on any atom is 0.232 e. The van der Waals surface area contributed by atoms with Crippen molar-refractivity contribution < 1.29 is 16.8 Å². The van der Waals surface area contributed by atoms with Crippen LogP contribution in [-0.2, 0) is 19.9 Å². The van der Waals surface area contributed by atoms with Crippen molar-refractivity contribution in [3.05, 3.63) is 18.3 Å². The lowest BCUT2D eigenvalue weighted by Crippen LogP contribution is -2.14. The standard InChI is InChI=1S/C8H12N2O4S2/c1-3-16(13,14)10-7-4-5-8(9-6-7)15(2,11)12/h4-6,10H,3H2,1-2H3. The molecule has 0 aliphatic carbocycles. The molecule has 0 fully saturated rings. The fourth-order valence-electron chi connectivity index (χ4n) is 0.912. The summed E-state index contributed by atoms with van der Waals surface area (Å²) in [7, 11) is -6.72. The van der Waals surface area contributed by atoms with Crippen LogP contribution in [0.2, 0.25) is 0 Å². The van der Waals surface area contributed by atoms with Crippen LogP contribution in [0.25, 0.3) is 0 Å². The summed E-state index contributed by atoms with van der Waals surface area (Å²) in [5.41, 5.74) is 0.245. The van der Waals surface area contributed by atoms with E-state index in [-0.39, 0.29) is 16.5 Å². The number of anilines is 1. The highest BCUT2D eigenvalue weighted by atomic mass is 32.2. The van der Waals surface area contributed by atoms with E-state index in [1.807, 2.05) is 0 Å². The minimum atomic E-state index is -3.36. The molecule has 1 aromatic heterocycles. The molecule has 1 heterocycles. The molecule has 0 bridgehead atoms. The SMILES string of the molecule is CCS(=O)(=O)Nc1ccc(S(C)(=O)=O)nc1. The summed E-state index contributed by atoms with van der Waals surface area (Å²) in [6.45, 7) is 1.50. The number of sulfonamides is 1. The topological polar surface area (TPSA) is 93.2 Å². The minimum Gasteiger partial charge on any atom is -0.282 e. The van der Waals surface area contributed by atoms with Crippen LogP contribution in [0.5, 0.6) is 0 Å². The van der Waals surface area contributed by atoms with Gasteiger partial charge in [0.2, 0.25) is 10.0 Å². The molecule has 0 spiro atoms. The molecule has 0 unspecified atom stereocenters. The monoisotopic (exact) mass is 264 g/mol. The second-order valence-electron chi connectivity index (χ2n) is 3.16. The molecule has 0 amide bonds. The molecule has 0 atom stereocenters. The summed E-state index contributed by atoms with van der Waals surface area (Å²) >= 11 is 0. The van der Waals surface area contributed by atoms with E-state index in [2.05, 4.69) is 9.71 Å². The summed E-state index contributed by atoms with van der Waals surface area (Å²) in [5.74, 6) is -0.0547. The molecule has 0 aliphatic heterocycles. The zero-order valence-electron chi connectivity index (χ0n) is 8.84. The summed E-state index contributed by atoms with van der Waals surface area (Å²) in [5, 5.41) is -0.0908. The number of hydrogen-bond acceptors (Lipinski definition) is 5. The Labute approximate surface area is 94.7 Å². The van der Waals surface area contributed by atoms with Gasteiger partial charge in [-0.25, -0.2) is 21.8 Å². The molecule has 16 heavy (non-hydrogen) atoms. The van der Waals surface area contributed by atoms with Gasteiger partial charge >= 0.3 is 0 Å². The predicted molar refractivity (Wildman–Crippen MR) is 60.4 cm³/mol. The number of rotatable bonds is 4. The van der Waals surface area contributed by atoms with Crippen LogP contribution < -0.4 is 4.72 Å². The summed E-state index contributed by atoms with van der Waals surface area (Å²) < 4.78 is 46.8. The van der Waals surface area contributed by atoms with Crippen molar-refractivity contribution in [1.29, 1.82) is 0 Å². The fourth-order valence-corrected chi connectivity index (χ4v) is 2.10. The van der Waals surface area contributed by atoms with Gasteiger partial charge in [0.05, 0.1) is 17.6 Å². The molecule has 1 rings (SSSR count). The first kappa shape index (κ1) is 12.9. The normalized spacial score (nSPS) is 12.4. The molecule has 6 nitrogen and oxygen atoms in total. The van der Waals surface area contributed by atoms with Crippen LogP contribution in [0.3, 0.4) is 0 Å². The lowest BCUT2D eigenvalue weighted by Gasteiger charge is -2.05. The quantitative estimate of drug-likeness (QED) is 0.841. The number of aromatic nitrogens is 1. The van der Waals surface area contributed by atoms with Crippen molar-refractivity contribution in [1.82, 2.24) is 4.98 Å². The van der Waals surface area contributed by atoms with Crippen molar-refractivity contribution in [2.24, 2.45) is 0 Å². The summed E-state index contributed by atoms with van der Waals surface area (Å²) in [6, 6.07) is 2.61. The number of nitrogens with zero attached hydrogens (tertiary/aromatic N) is 1. The van der Waals surface area contributed by atoms with Crippen molar-refractivity contribution in [3.63, 3.8) is 0 Å². The summed E-state index contributed by atoms with van der Waals surface area (Å²) in [6.07, 6.45) is 2.20. The van der Waals surface area contributed by atoms with E-state index in [9.17, 15) is 16.8 Å². The van der Waals surface area contributed by atoms with Gasteiger partial charge in [0.15, 0.2) is 14.9 Å². The number of pyridine rings is 1. The van der Waals surface area contributed by atoms with Crippen molar-refractivity contribution in [3.8, 4) is 0 Å². The van der Waals surface area contributed by atoms with Gasteiger partial charge in [-0.3, -0.25) is 4.72 Å².